The van der Waals surface area contributed by atoms with Gasteiger partial charge in [-0.05, 0) is 78.9 Å². The Balaban J connectivity index is 0.000000244. The number of anilines is 2. The molecule has 42 heteroatoms. The lowest BCUT2D eigenvalue weighted by atomic mass is 9.94. The summed E-state index contributed by atoms with van der Waals surface area (Å²) in [6, 6.07) is 20.4. The maximum Gasteiger partial charge on any atom is 0.348 e. The number of aliphatic carboxylic acids is 2. The molecule has 0 saturated carbocycles. The molecule has 4 aliphatic heterocycles. The van der Waals surface area contributed by atoms with Gasteiger partial charge >= 0.3 is 33.2 Å². The molecule has 0 radical (unpaired) electrons. The van der Waals surface area contributed by atoms with Gasteiger partial charge in [-0.1, -0.05) is 61.2 Å². The van der Waals surface area contributed by atoms with Gasteiger partial charge in [-0.25, -0.2) is 43.7 Å². The number of aliphatic hydroxyl groups is 6. The van der Waals surface area contributed by atoms with Crippen molar-refractivity contribution >= 4 is 97.6 Å². The number of nitrogens with zero attached hydrogens (tertiary/aromatic N) is 9. The summed E-state index contributed by atoms with van der Waals surface area (Å²) in [4.78, 5) is 114. The van der Waals surface area contributed by atoms with Crippen molar-refractivity contribution in [3.8, 4) is 0 Å². The first-order valence-corrected chi connectivity index (χ1v) is 37.1. The fraction of sp³-hybridized carbons (Fsp3) is 0.383. The molecule has 13 atom stereocenters. The van der Waals surface area contributed by atoms with E-state index in [0.717, 1.165) is 28.2 Å². The van der Waals surface area contributed by atoms with Gasteiger partial charge in [0.05, 0.1) is 45.2 Å². The van der Waals surface area contributed by atoms with Crippen LogP contribution in [0.2, 0.25) is 5.28 Å². The monoisotopic (exact) mass is 1510 g/mol. The van der Waals surface area contributed by atoms with Crippen LogP contribution in [0.1, 0.15) is 39.1 Å². The molecular weight excluding hydrogens is 1430 g/mol. The second-order valence-corrected chi connectivity index (χ2v) is 31.8. The molecule has 3 saturated heterocycles. The van der Waals surface area contributed by atoms with Gasteiger partial charge in [0, 0.05) is 41.0 Å². The molecule has 15 N–H and O–H groups in total. The Kier molecular flexibility index (Phi) is 24.7. The highest BCUT2D eigenvalue weighted by atomic mass is 35.5. The van der Waals surface area contributed by atoms with Gasteiger partial charge in [0.2, 0.25) is 11.2 Å². The highest BCUT2D eigenvalue weighted by molar-refractivity contribution is 7.70. The number of ether oxygens (including phenoxy) is 4. The minimum Gasteiger partial charge on any atom is -0.479 e. The quantitative estimate of drug-likeness (QED) is 0.0234. The zero-order valence-corrected chi connectivity index (χ0v) is 57.3. The number of carbonyl (C=O) groups is 5. The first kappa shape index (κ1) is 77.7. The molecule has 37 nitrogen and oxygen atoms in total. The molecule has 0 spiro atoms. The third-order valence-corrected chi connectivity index (χ3v) is 20.5. The van der Waals surface area contributed by atoms with Crippen molar-refractivity contribution in [1.82, 2.24) is 54.6 Å². The molecular formula is C60H76ClFN13O24P3. The van der Waals surface area contributed by atoms with Gasteiger partial charge < -0.3 is 105 Å². The summed E-state index contributed by atoms with van der Waals surface area (Å²) in [5.74, 6) is -6.46. The van der Waals surface area contributed by atoms with E-state index in [1.165, 1.54) is 52.5 Å². The fourth-order valence-electron chi connectivity index (χ4n) is 10.7. The summed E-state index contributed by atoms with van der Waals surface area (Å²) in [6.45, 7) is 7.33. The topological polar surface area (TPSA) is 544 Å². The number of nitrogens with one attached hydrogen (secondary N) is 4. The molecule has 4 aliphatic rings. The number of hydrogen-bond donors (Lipinski definition) is 15. The van der Waals surface area contributed by atoms with E-state index in [-0.39, 0.29) is 20.8 Å². The molecule has 4 aromatic heterocycles. The number of aryl methyl sites for hydroxylation is 1. The molecule has 0 bridgehead atoms. The van der Waals surface area contributed by atoms with Crippen molar-refractivity contribution in [1.29, 1.82) is 0 Å². The van der Waals surface area contributed by atoms with E-state index in [0.29, 0.717) is 52.3 Å². The Morgan fingerprint density at radius 2 is 1.32 bits per heavy atom. The van der Waals surface area contributed by atoms with Crippen LogP contribution >= 0.6 is 33.9 Å². The van der Waals surface area contributed by atoms with Crippen molar-refractivity contribution in [2.75, 3.05) is 49.6 Å². The van der Waals surface area contributed by atoms with Crippen molar-refractivity contribution in [3.05, 3.63) is 156 Å². The Morgan fingerprint density at radius 1 is 0.735 bits per heavy atom. The molecule has 554 valence electrons. The average molecular weight is 1510 g/mol. The number of halogens is 2. The van der Waals surface area contributed by atoms with Gasteiger partial charge in [-0.15, -0.1) is 0 Å². The minimum atomic E-state index is -4.81. The van der Waals surface area contributed by atoms with Gasteiger partial charge in [-0.2, -0.15) is 4.98 Å². The van der Waals surface area contributed by atoms with Gasteiger partial charge in [0.25, 0.3) is 11.5 Å². The van der Waals surface area contributed by atoms with Crippen molar-refractivity contribution < 1.29 is 125 Å². The van der Waals surface area contributed by atoms with E-state index in [1.54, 1.807) is 44.5 Å². The van der Waals surface area contributed by atoms with Crippen LogP contribution < -0.4 is 21.3 Å². The smallest absolute Gasteiger partial charge is 0.348 e. The maximum atomic E-state index is 13.2. The number of carboxylic acids is 2. The molecule has 3 fully saturated rings. The lowest BCUT2D eigenvalue weighted by Crippen LogP contribution is -2.52. The third-order valence-electron chi connectivity index (χ3n) is 15.7. The highest BCUT2D eigenvalue weighted by Crippen LogP contribution is 2.55. The van der Waals surface area contributed by atoms with E-state index in [4.69, 9.17) is 44.9 Å². The van der Waals surface area contributed by atoms with E-state index >= 15 is 0 Å². The van der Waals surface area contributed by atoms with Crippen LogP contribution in [0, 0.1) is 12.7 Å². The number of carboxylic acid groups (broad SMARTS) is 2. The van der Waals surface area contributed by atoms with E-state index < -0.39 is 169 Å². The van der Waals surface area contributed by atoms with E-state index in [1.807, 2.05) is 30.3 Å². The van der Waals surface area contributed by atoms with Crippen molar-refractivity contribution in [2.24, 2.45) is 0 Å². The summed E-state index contributed by atoms with van der Waals surface area (Å²) in [5, 5.41) is 92.3. The predicted octanol–water partition coefficient (Wildman–Crippen LogP) is 2.21. The number of fused-ring (bicyclic) bond motifs is 2. The zero-order chi connectivity index (χ0) is 74.3. The molecule has 4 amide bonds. The molecule has 102 heavy (non-hydrogen) atoms. The number of aliphatic hydroxyl groups excluding tert-OH is 6. The molecule has 7 aromatic rings. The van der Waals surface area contributed by atoms with E-state index in [9.17, 15) is 87.8 Å². The Bertz CT molecular complexity index is 4410. The summed E-state index contributed by atoms with van der Waals surface area (Å²) in [6.07, 6.45) is -10.4. The van der Waals surface area contributed by atoms with Gasteiger partial charge in [0.1, 0.15) is 66.5 Å². The number of amides is 4. The molecule has 8 heterocycles. The maximum absolute atomic E-state index is 13.2. The normalized spacial score (nSPS) is 24.1. The standard InChI is InChI=1S/C21H20ClFN4O8.C21H27N4O7P.C18H23N5O9P2.3H2/c1-9-13-16(26-20(22)25-9)27(8-24-13)17-15(29)14(28)12(35-17)7-34-21(18(30)31,19(32)33)6-10-2-4-11(23)5-3-10;1-12-8-9-25(21(30)23-12)20-17(28)16(27)18(32-20)19(29)22-10-15(26)24-14-6-4-13(5-7-14)11-33(2,3)31;24-14-12(7-31-34(29,30)10-33(26,27)28)32-18(15(14)25)23-9-22-13-16(20-8-21-17(13)23)19-6-11-4-2-1-3-5-11;;;/h2-5,8,12,14-15,17,28-29H,6-7H2,1H3,(H,30,31)(H,32,33);4-9,16-18,20,27-28H,1,10-11H2,2-3H3,(H,22,29)(H,23,30)(H,24,26);1-5,8-9,12,14-15,18,24-25H,6-7,10H2,(H,29,30)(H,19,20,21)(H2,26,27,28);3*1H/t12-,14-,15-,17-;16-,17+,18-,20+;12-,14-,15-,18-;;;/m101.../s1. The first-order chi connectivity index (χ1) is 48.0. The number of aromatic nitrogens is 8. The van der Waals surface area contributed by atoms with Crippen LogP contribution in [0.15, 0.2) is 122 Å². The lowest BCUT2D eigenvalue weighted by Gasteiger charge is -2.29. The van der Waals surface area contributed by atoms with Crippen LogP contribution in [0.25, 0.3) is 22.3 Å². The number of rotatable bonds is 24. The zero-order valence-electron chi connectivity index (χ0n) is 53.8. The summed E-state index contributed by atoms with van der Waals surface area (Å²) in [5.41, 5.74) is 1.96. The number of urea groups is 1. The third kappa shape index (κ3) is 19.0. The van der Waals surface area contributed by atoms with Crippen LogP contribution in [0.5, 0.6) is 0 Å². The van der Waals surface area contributed by atoms with Crippen LogP contribution in [-0.4, -0.2) is 235 Å². The molecule has 3 aromatic carbocycles. The SMILES string of the molecule is C=C1C=CN([C@@H]2O[C@H](C(=O)NCC(=O)Nc3ccc(CP(C)(C)=O)cc3)[C@@H](O)[C@H]2O)C(=O)N1.Cc1nc(Cl)nc2c1ncn2[C@@H]1O[C@H](COC(Cc2ccc(F)cc2)(C(=O)O)C(=O)O)[C@@H](O)[C@H]1O.O=P(O)(O)CP(=O)(O)OC[C@H]1O[C@@H](n2cnc3c(NCc4ccccc4)ncnc32)[C@H](O)[C@@H]1O.[HH].[HH].[HH]. The Labute approximate surface area is 586 Å². The van der Waals surface area contributed by atoms with Gasteiger partial charge in [-0.3, -0.25) is 32.8 Å². The number of carbonyl (C=O) groups excluding carboxylic acids is 3. The lowest BCUT2D eigenvalue weighted by molar-refractivity contribution is -0.190. The largest absolute Gasteiger partial charge is 0.479 e. The average Bonchev–Trinajstić information content (AvgIpc) is 1.67. The van der Waals surface area contributed by atoms with Crippen LogP contribution in [0.3, 0.4) is 0 Å². The molecule has 11 rings (SSSR count). The first-order valence-electron chi connectivity index (χ1n) is 30.4. The fourth-order valence-corrected chi connectivity index (χ4v) is 14.6. The second-order valence-electron chi connectivity index (χ2n) is 24.0. The highest BCUT2D eigenvalue weighted by Gasteiger charge is 2.53. The number of benzene rings is 3. The summed E-state index contributed by atoms with van der Waals surface area (Å²) < 4.78 is 77.4. The Hall–Kier alpha value is -8.46. The molecule has 0 aliphatic carbocycles. The molecule has 1 unspecified atom stereocenters. The summed E-state index contributed by atoms with van der Waals surface area (Å²) in [7, 11) is -11.7. The summed E-state index contributed by atoms with van der Waals surface area (Å²) >= 11 is 5.92. The van der Waals surface area contributed by atoms with E-state index in [2.05, 4.69) is 57.7 Å². The van der Waals surface area contributed by atoms with Crippen molar-refractivity contribution in [2.45, 2.75) is 105 Å². The van der Waals surface area contributed by atoms with Gasteiger partial charge in [0.15, 0.2) is 53.3 Å². The predicted molar refractivity (Wildman–Crippen MR) is 360 cm³/mol. The Morgan fingerprint density at radius 3 is 1.92 bits per heavy atom. The van der Waals surface area contributed by atoms with Crippen LogP contribution in [0.4, 0.5) is 20.7 Å². The number of imidazole rings is 2. The second kappa shape index (κ2) is 32.5. The minimum absolute atomic E-state index is 0. The van der Waals surface area contributed by atoms with Crippen LogP contribution in [-0.2, 0) is 75.5 Å². The number of hydrogen-bond acceptors (Lipinski definition) is 26. The van der Waals surface area contributed by atoms with Crippen molar-refractivity contribution in [3.63, 3.8) is 0 Å². The number of allylic oxidation sites excluding steroid dienone is 1.